The van der Waals surface area contributed by atoms with Gasteiger partial charge in [0.15, 0.2) is 5.76 Å². The third-order valence-electron chi connectivity index (χ3n) is 4.13. The van der Waals surface area contributed by atoms with E-state index in [2.05, 4.69) is 10.9 Å². The summed E-state index contributed by atoms with van der Waals surface area (Å²) in [7, 11) is 0. The molecule has 1 aromatic carbocycles. The highest BCUT2D eigenvalue weighted by Crippen LogP contribution is 2.20. The van der Waals surface area contributed by atoms with E-state index >= 15 is 0 Å². The van der Waals surface area contributed by atoms with Gasteiger partial charge in [-0.3, -0.25) is 25.2 Å². The number of nitrogens with one attached hydrogen (secondary N) is 2. The minimum Gasteiger partial charge on any atom is -0.459 e. The summed E-state index contributed by atoms with van der Waals surface area (Å²) in [6, 6.07) is 11.1. The van der Waals surface area contributed by atoms with E-state index in [0.29, 0.717) is 18.5 Å². The number of carbonyl (C=O) groups is 3. The van der Waals surface area contributed by atoms with E-state index in [0.717, 1.165) is 12.8 Å². The minimum atomic E-state index is -0.637. The zero-order valence-corrected chi connectivity index (χ0v) is 13.6. The molecule has 2 aromatic rings. The lowest BCUT2D eigenvalue weighted by Gasteiger charge is -2.34. The van der Waals surface area contributed by atoms with Crippen molar-refractivity contribution in [2.24, 2.45) is 0 Å². The molecule has 1 fully saturated rings. The van der Waals surface area contributed by atoms with Gasteiger partial charge < -0.3 is 9.32 Å². The Bertz CT molecular complexity index is 743. The molecule has 0 bridgehead atoms. The normalized spacial score (nSPS) is 17.0. The molecule has 7 nitrogen and oxygen atoms in total. The van der Waals surface area contributed by atoms with Crippen LogP contribution in [0.15, 0.2) is 53.1 Å². The predicted octanol–water partition coefficient (Wildman–Crippen LogP) is 1.74. The third-order valence-corrected chi connectivity index (χ3v) is 4.13. The van der Waals surface area contributed by atoms with Gasteiger partial charge >= 0.3 is 0 Å². The Hall–Kier alpha value is -3.09. The van der Waals surface area contributed by atoms with Crippen LogP contribution < -0.4 is 10.9 Å². The standard InChI is InChI=1S/C18H19N3O4/c22-16(13-7-2-1-3-8-13)19-20-17(23)14-9-4-5-11-21(14)18(24)15-10-6-12-25-15/h1-3,6-8,10,12,14H,4-5,9,11H2,(H,19,22)(H,20,23). The summed E-state index contributed by atoms with van der Waals surface area (Å²) >= 11 is 0. The number of furan rings is 1. The van der Waals surface area contributed by atoms with Gasteiger partial charge in [0, 0.05) is 12.1 Å². The quantitative estimate of drug-likeness (QED) is 0.832. The van der Waals surface area contributed by atoms with Crippen molar-refractivity contribution in [1.29, 1.82) is 0 Å². The van der Waals surface area contributed by atoms with E-state index in [9.17, 15) is 14.4 Å². The van der Waals surface area contributed by atoms with Gasteiger partial charge in [-0.2, -0.15) is 0 Å². The summed E-state index contributed by atoms with van der Waals surface area (Å²) in [5.74, 6) is -0.940. The maximum atomic E-state index is 12.5. The van der Waals surface area contributed by atoms with E-state index in [4.69, 9.17) is 4.42 Å². The number of carbonyl (C=O) groups excluding carboxylic acids is 3. The second-order valence-corrected chi connectivity index (χ2v) is 5.80. The molecule has 1 atom stereocenters. The molecule has 0 saturated carbocycles. The Labute approximate surface area is 145 Å². The molecule has 2 N–H and O–H groups in total. The lowest BCUT2D eigenvalue weighted by atomic mass is 10.0. The van der Waals surface area contributed by atoms with E-state index < -0.39 is 17.9 Å². The Morgan fingerprint density at radius 1 is 1.00 bits per heavy atom. The number of hydrogen-bond acceptors (Lipinski definition) is 4. The molecule has 1 aromatic heterocycles. The molecule has 0 radical (unpaired) electrons. The van der Waals surface area contributed by atoms with Crippen LogP contribution in [-0.2, 0) is 4.79 Å². The highest BCUT2D eigenvalue weighted by molar-refractivity contribution is 5.98. The lowest BCUT2D eigenvalue weighted by molar-refractivity contribution is -0.127. The monoisotopic (exact) mass is 341 g/mol. The Morgan fingerprint density at radius 2 is 1.80 bits per heavy atom. The van der Waals surface area contributed by atoms with Crippen molar-refractivity contribution in [3.8, 4) is 0 Å². The molecule has 0 aliphatic carbocycles. The Kier molecular flexibility index (Phi) is 5.13. The van der Waals surface area contributed by atoms with Crippen LogP contribution in [0.4, 0.5) is 0 Å². The molecule has 3 rings (SSSR count). The van der Waals surface area contributed by atoms with Crippen LogP contribution >= 0.6 is 0 Å². The summed E-state index contributed by atoms with van der Waals surface area (Å²) in [4.78, 5) is 38.5. The van der Waals surface area contributed by atoms with Crippen molar-refractivity contribution in [3.63, 3.8) is 0 Å². The molecule has 1 aliphatic rings. The smallest absolute Gasteiger partial charge is 0.290 e. The Balaban J connectivity index is 1.63. The zero-order chi connectivity index (χ0) is 17.6. The first kappa shape index (κ1) is 16.8. The summed E-state index contributed by atoms with van der Waals surface area (Å²) < 4.78 is 5.14. The summed E-state index contributed by atoms with van der Waals surface area (Å²) in [5, 5.41) is 0. The largest absolute Gasteiger partial charge is 0.459 e. The number of amides is 3. The van der Waals surface area contributed by atoms with Crippen molar-refractivity contribution in [1.82, 2.24) is 15.8 Å². The van der Waals surface area contributed by atoms with Crippen LogP contribution in [-0.4, -0.2) is 35.2 Å². The first-order valence-corrected chi connectivity index (χ1v) is 8.16. The molecule has 1 unspecified atom stereocenters. The zero-order valence-electron chi connectivity index (χ0n) is 13.6. The maximum Gasteiger partial charge on any atom is 0.290 e. The van der Waals surface area contributed by atoms with Gasteiger partial charge in [-0.05, 0) is 43.5 Å². The summed E-state index contributed by atoms with van der Waals surface area (Å²) in [6.45, 7) is 0.476. The highest BCUT2D eigenvalue weighted by atomic mass is 16.3. The Morgan fingerprint density at radius 3 is 2.52 bits per heavy atom. The lowest BCUT2D eigenvalue weighted by Crippen LogP contribution is -2.55. The maximum absolute atomic E-state index is 12.5. The van der Waals surface area contributed by atoms with Gasteiger partial charge in [-0.15, -0.1) is 0 Å². The molecule has 2 heterocycles. The van der Waals surface area contributed by atoms with Crippen molar-refractivity contribution >= 4 is 17.7 Å². The fourth-order valence-electron chi connectivity index (χ4n) is 2.85. The van der Waals surface area contributed by atoms with Gasteiger partial charge in [0.05, 0.1) is 6.26 Å². The molecule has 1 aliphatic heterocycles. The van der Waals surface area contributed by atoms with E-state index in [1.807, 2.05) is 0 Å². The van der Waals surface area contributed by atoms with Crippen LogP contribution in [0.5, 0.6) is 0 Å². The van der Waals surface area contributed by atoms with Crippen molar-refractivity contribution in [2.45, 2.75) is 25.3 Å². The average molecular weight is 341 g/mol. The topological polar surface area (TPSA) is 91.7 Å². The first-order valence-electron chi connectivity index (χ1n) is 8.16. The van der Waals surface area contributed by atoms with Crippen LogP contribution in [0.1, 0.15) is 40.2 Å². The average Bonchev–Trinajstić information content (AvgIpc) is 3.20. The predicted molar refractivity (Wildman–Crippen MR) is 89.4 cm³/mol. The van der Waals surface area contributed by atoms with Gasteiger partial charge in [0.2, 0.25) is 0 Å². The molecule has 0 spiro atoms. The number of piperidine rings is 1. The minimum absolute atomic E-state index is 0.202. The SMILES string of the molecule is O=C(NNC(=O)C1CCCCN1C(=O)c1ccco1)c1ccccc1. The molecule has 130 valence electrons. The van der Waals surface area contributed by atoms with Crippen LogP contribution in [0.2, 0.25) is 0 Å². The second-order valence-electron chi connectivity index (χ2n) is 5.80. The van der Waals surface area contributed by atoms with Crippen LogP contribution in [0.3, 0.4) is 0 Å². The molecule has 3 amide bonds. The fraction of sp³-hybridized carbons (Fsp3) is 0.278. The van der Waals surface area contributed by atoms with Gasteiger partial charge in [0.1, 0.15) is 6.04 Å². The van der Waals surface area contributed by atoms with Gasteiger partial charge in [-0.25, -0.2) is 0 Å². The molecule has 7 heteroatoms. The first-order chi connectivity index (χ1) is 12.2. The van der Waals surface area contributed by atoms with E-state index in [1.165, 1.54) is 11.2 Å². The molecular weight excluding hydrogens is 322 g/mol. The van der Waals surface area contributed by atoms with Crippen molar-refractivity contribution in [2.75, 3.05) is 6.54 Å². The number of benzene rings is 1. The molecule has 1 saturated heterocycles. The van der Waals surface area contributed by atoms with E-state index in [1.54, 1.807) is 42.5 Å². The molecular formula is C18H19N3O4. The number of likely N-dealkylation sites (tertiary alicyclic amines) is 1. The highest BCUT2D eigenvalue weighted by Gasteiger charge is 2.33. The molecule has 25 heavy (non-hydrogen) atoms. The second kappa shape index (κ2) is 7.65. The van der Waals surface area contributed by atoms with Crippen molar-refractivity contribution < 1.29 is 18.8 Å². The number of nitrogens with zero attached hydrogens (tertiary/aromatic N) is 1. The summed E-state index contributed by atoms with van der Waals surface area (Å²) in [6.07, 6.45) is 3.63. The van der Waals surface area contributed by atoms with Gasteiger partial charge in [-0.1, -0.05) is 18.2 Å². The van der Waals surface area contributed by atoms with Crippen LogP contribution in [0.25, 0.3) is 0 Å². The summed E-state index contributed by atoms with van der Waals surface area (Å²) in [5.41, 5.74) is 5.25. The number of hydrogen-bond donors (Lipinski definition) is 2. The van der Waals surface area contributed by atoms with Crippen molar-refractivity contribution in [3.05, 3.63) is 60.1 Å². The third kappa shape index (κ3) is 3.88. The number of hydrazine groups is 1. The van der Waals surface area contributed by atoms with Gasteiger partial charge in [0.25, 0.3) is 17.7 Å². The fourth-order valence-corrected chi connectivity index (χ4v) is 2.85. The number of rotatable bonds is 3. The van der Waals surface area contributed by atoms with Crippen LogP contribution in [0, 0.1) is 0 Å². The van der Waals surface area contributed by atoms with E-state index in [-0.39, 0.29) is 11.7 Å².